The van der Waals surface area contributed by atoms with E-state index in [0.717, 1.165) is 18.2 Å². The Morgan fingerprint density at radius 3 is 2.60 bits per heavy atom. The zero-order valence-corrected chi connectivity index (χ0v) is 22.4. The van der Waals surface area contributed by atoms with Crippen molar-refractivity contribution in [1.29, 1.82) is 0 Å². The molecule has 1 aliphatic heterocycles. The molecule has 7 nitrogen and oxygen atoms in total. The van der Waals surface area contributed by atoms with E-state index in [2.05, 4.69) is 0 Å². The van der Waals surface area contributed by atoms with Gasteiger partial charge in [0, 0.05) is 37.8 Å². The van der Waals surface area contributed by atoms with Gasteiger partial charge >= 0.3 is 6.18 Å². The van der Waals surface area contributed by atoms with Crippen LogP contribution in [0.2, 0.25) is 0 Å². The summed E-state index contributed by atoms with van der Waals surface area (Å²) in [5.41, 5.74) is 3.03. The van der Waals surface area contributed by atoms with Crippen molar-refractivity contribution >= 4 is 5.91 Å². The van der Waals surface area contributed by atoms with Crippen molar-refractivity contribution in [1.82, 2.24) is 4.90 Å². The highest BCUT2D eigenvalue weighted by atomic mass is 19.4. The van der Waals surface area contributed by atoms with Crippen LogP contribution in [0, 0.1) is 11.7 Å². The average molecular weight is 569 g/mol. The minimum atomic E-state index is -4.64. The SMILES string of the molecule is COCCCC[C@@](O)(c1cccc(F)c1-c1cccc(C(F)(F)F)c1)[C@H]1CN(C(=O)[C@H]2C[C@@H](N)[C@@H](O)C2)CCO1. The van der Waals surface area contributed by atoms with E-state index in [-0.39, 0.29) is 55.1 Å². The summed E-state index contributed by atoms with van der Waals surface area (Å²) in [6, 6.07) is 7.86. The molecule has 1 aliphatic carbocycles. The molecule has 11 heteroatoms. The Morgan fingerprint density at radius 2 is 1.93 bits per heavy atom. The van der Waals surface area contributed by atoms with E-state index in [4.69, 9.17) is 15.2 Å². The number of amides is 1. The Balaban J connectivity index is 1.72. The molecule has 0 unspecified atom stereocenters. The lowest BCUT2D eigenvalue weighted by Crippen LogP contribution is -2.55. The number of rotatable bonds is 9. The van der Waals surface area contributed by atoms with Crippen LogP contribution in [0.25, 0.3) is 11.1 Å². The number of nitrogens with zero attached hydrogens (tertiary/aromatic N) is 1. The van der Waals surface area contributed by atoms with Crippen LogP contribution in [0.4, 0.5) is 17.6 Å². The summed E-state index contributed by atoms with van der Waals surface area (Å²) in [4.78, 5) is 14.9. The number of hydrogen-bond donors (Lipinski definition) is 3. The van der Waals surface area contributed by atoms with Crippen LogP contribution in [-0.2, 0) is 26.0 Å². The fourth-order valence-corrected chi connectivity index (χ4v) is 5.79. The fraction of sp³-hybridized carbons (Fsp3) is 0.552. The molecule has 0 radical (unpaired) electrons. The molecule has 5 atom stereocenters. The summed E-state index contributed by atoms with van der Waals surface area (Å²) in [7, 11) is 1.55. The highest BCUT2D eigenvalue weighted by Gasteiger charge is 2.46. The topological polar surface area (TPSA) is 105 Å². The standard InChI is InChI=1S/C29H36F4N2O5/c1-39-12-3-2-10-28(38,25-17-35(11-13-40-25)27(37)19-15-23(34)24(36)16-19)21-8-5-9-22(30)26(21)18-6-4-7-20(14-18)29(31,32)33/h4-9,14,19,23-25,36,38H,2-3,10-13,15-17,34H2,1H3/t19-,23+,24-,25+,28+/m0/s1. The fourth-order valence-electron chi connectivity index (χ4n) is 5.79. The third-order valence-corrected chi connectivity index (χ3v) is 7.95. The number of carbonyl (C=O) groups is 1. The third-order valence-electron chi connectivity index (χ3n) is 7.95. The number of alkyl halides is 3. The zero-order valence-electron chi connectivity index (χ0n) is 22.4. The molecule has 220 valence electrons. The Hall–Kier alpha value is -2.57. The van der Waals surface area contributed by atoms with Crippen LogP contribution in [-0.4, -0.2) is 72.7 Å². The molecule has 0 bridgehead atoms. The number of unbranched alkanes of at least 4 members (excludes halogenated alkanes) is 1. The first kappa shape index (κ1) is 30.4. The average Bonchev–Trinajstić information content (AvgIpc) is 3.27. The van der Waals surface area contributed by atoms with E-state index in [0.29, 0.717) is 25.9 Å². The molecule has 40 heavy (non-hydrogen) atoms. The van der Waals surface area contributed by atoms with Gasteiger partial charge in [-0.3, -0.25) is 4.79 Å². The zero-order chi connectivity index (χ0) is 29.1. The van der Waals surface area contributed by atoms with Gasteiger partial charge in [0.05, 0.1) is 24.8 Å². The van der Waals surface area contributed by atoms with Crippen LogP contribution < -0.4 is 5.73 Å². The summed E-state index contributed by atoms with van der Waals surface area (Å²) >= 11 is 0. The number of methoxy groups -OCH3 is 1. The van der Waals surface area contributed by atoms with E-state index in [9.17, 15) is 28.2 Å². The third kappa shape index (κ3) is 6.49. The van der Waals surface area contributed by atoms with Gasteiger partial charge in [-0.05, 0) is 61.4 Å². The van der Waals surface area contributed by atoms with E-state index in [1.807, 2.05) is 0 Å². The highest BCUT2D eigenvalue weighted by Crippen LogP contribution is 2.42. The van der Waals surface area contributed by atoms with E-state index >= 15 is 4.39 Å². The molecule has 2 fully saturated rings. The van der Waals surface area contributed by atoms with Crippen molar-refractivity contribution in [3.8, 4) is 11.1 Å². The van der Waals surface area contributed by atoms with E-state index < -0.39 is 47.3 Å². The summed E-state index contributed by atoms with van der Waals surface area (Å²) in [5.74, 6) is -1.46. The van der Waals surface area contributed by atoms with Gasteiger partial charge in [0.2, 0.25) is 5.91 Å². The van der Waals surface area contributed by atoms with E-state index in [1.54, 1.807) is 12.0 Å². The van der Waals surface area contributed by atoms with E-state index in [1.165, 1.54) is 24.3 Å². The summed E-state index contributed by atoms with van der Waals surface area (Å²) in [5, 5.41) is 22.3. The summed E-state index contributed by atoms with van der Waals surface area (Å²) < 4.78 is 67.1. The van der Waals surface area contributed by atoms with Gasteiger partial charge in [0.25, 0.3) is 0 Å². The molecule has 0 spiro atoms. The molecule has 0 aromatic heterocycles. The maximum Gasteiger partial charge on any atom is 0.416 e. The predicted molar refractivity (Wildman–Crippen MR) is 139 cm³/mol. The quantitative estimate of drug-likeness (QED) is 0.314. The molecule has 2 aliphatic rings. The van der Waals surface area contributed by atoms with Crippen molar-refractivity contribution in [2.45, 2.75) is 62.1 Å². The lowest BCUT2D eigenvalue weighted by atomic mass is 9.78. The molecule has 4 N–H and O–H groups in total. The highest BCUT2D eigenvalue weighted by molar-refractivity contribution is 5.79. The van der Waals surface area contributed by atoms with Gasteiger partial charge in [0.1, 0.15) is 17.5 Å². The number of morpholine rings is 1. The van der Waals surface area contributed by atoms with Gasteiger partial charge in [-0.1, -0.05) is 24.3 Å². The van der Waals surface area contributed by atoms with Crippen molar-refractivity contribution < 1.29 is 42.0 Å². The lowest BCUT2D eigenvalue weighted by Gasteiger charge is -2.43. The molecule has 1 saturated carbocycles. The molecular weight excluding hydrogens is 532 g/mol. The number of halogens is 4. The second-order valence-corrected chi connectivity index (χ2v) is 10.7. The van der Waals surface area contributed by atoms with Gasteiger partial charge in [-0.2, -0.15) is 13.2 Å². The van der Waals surface area contributed by atoms with Crippen molar-refractivity contribution in [2.24, 2.45) is 11.7 Å². The summed E-state index contributed by atoms with van der Waals surface area (Å²) in [6.07, 6.45) is -4.71. The number of ether oxygens (including phenoxy) is 2. The molecule has 2 aromatic rings. The van der Waals surface area contributed by atoms with Crippen molar-refractivity contribution in [3.63, 3.8) is 0 Å². The van der Waals surface area contributed by atoms with Crippen molar-refractivity contribution in [2.75, 3.05) is 33.4 Å². The maximum absolute atomic E-state index is 15.4. The second-order valence-electron chi connectivity index (χ2n) is 10.7. The van der Waals surface area contributed by atoms with Crippen LogP contribution in [0.3, 0.4) is 0 Å². The van der Waals surface area contributed by atoms with Crippen LogP contribution in [0.5, 0.6) is 0 Å². The first-order chi connectivity index (χ1) is 19.0. The van der Waals surface area contributed by atoms with Gasteiger partial charge in [-0.25, -0.2) is 4.39 Å². The smallest absolute Gasteiger partial charge is 0.391 e. The van der Waals surface area contributed by atoms with Gasteiger partial charge in [-0.15, -0.1) is 0 Å². The van der Waals surface area contributed by atoms with Crippen LogP contribution in [0.15, 0.2) is 42.5 Å². The largest absolute Gasteiger partial charge is 0.416 e. The Labute approximate surface area is 230 Å². The maximum atomic E-state index is 15.4. The minimum Gasteiger partial charge on any atom is -0.391 e. The number of nitrogens with two attached hydrogens (primary N) is 1. The molecule has 1 saturated heterocycles. The normalized spacial score (nSPS) is 25.1. The Bertz CT molecular complexity index is 1170. The van der Waals surface area contributed by atoms with Crippen molar-refractivity contribution in [3.05, 3.63) is 59.4 Å². The molecular formula is C29H36F4N2O5. The van der Waals surface area contributed by atoms with Crippen LogP contribution >= 0.6 is 0 Å². The second kappa shape index (κ2) is 12.5. The van der Waals surface area contributed by atoms with Gasteiger partial charge < -0.3 is 30.3 Å². The molecule has 2 aromatic carbocycles. The number of benzene rings is 2. The Kier molecular flexibility index (Phi) is 9.51. The lowest BCUT2D eigenvalue weighted by molar-refractivity contribution is -0.167. The number of carbonyl (C=O) groups excluding carboxylic acids is 1. The predicted octanol–water partition coefficient (Wildman–Crippen LogP) is 3.84. The molecule has 4 rings (SSSR count). The first-order valence-corrected chi connectivity index (χ1v) is 13.5. The molecule has 1 amide bonds. The number of aliphatic hydroxyl groups is 2. The molecule has 1 heterocycles. The minimum absolute atomic E-state index is 0.0139. The summed E-state index contributed by atoms with van der Waals surface area (Å²) in [6.45, 7) is 0.771. The van der Waals surface area contributed by atoms with Crippen LogP contribution in [0.1, 0.15) is 43.2 Å². The first-order valence-electron chi connectivity index (χ1n) is 13.5. The van der Waals surface area contributed by atoms with Gasteiger partial charge in [0.15, 0.2) is 0 Å². The number of hydrogen-bond acceptors (Lipinski definition) is 6. The number of aliphatic hydroxyl groups excluding tert-OH is 1. The monoisotopic (exact) mass is 568 g/mol. The Morgan fingerprint density at radius 1 is 1.18 bits per heavy atom.